The molecule has 19 heavy (non-hydrogen) atoms. The van der Waals surface area contributed by atoms with E-state index >= 15 is 0 Å². The first-order valence-electron chi connectivity index (χ1n) is 6.80. The van der Waals surface area contributed by atoms with Crippen molar-refractivity contribution in [2.45, 2.75) is 39.2 Å². The highest BCUT2D eigenvalue weighted by molar-refractivity contribution is 6.32. The zero-order valence-electron chi connectivity index (χ0n) is 11.7. The number of carbonyl (C=O) groups excluding carboxylic acids is 1. The third-order valence-corrected chi connectivity index (χ3v) is 3.93. The number of hydrogen-bond acceptors (Lipinski definition) is 2. The molecule has 0 bridgehead atoms. The fourth-order valence-electron chi connectivity index (χ4n) is 2.49. The Bertz CT molecular complexity index is 485. The predicted molar refractivity (Wildman–Crippen MR) is 79.7 cm³/mol. The smallest absolute Gasteiger partial charge is 0.228 e. The molecule has 4 heteroatoms. The summed E-state index contributed by atoms with van der Waals surface area (Å²) in [5.74, 6) is 0.721. The van der Waals surface area contributed by atoms with Crippen LogP contribution in [0.3, 0.4) is 0 Å². The Morgan fingerprint density at radius 3 is 2.74 bits per heavy atom. The van der Waals surface area contributed by atoms with Crippen molar-refractivity contribution in [2.24, 2.45) is 5.92 Å². The van der Waals surface area contributed by atoms with Crippen molar-refractivity contribution in [3.05, 3.63) is 28.3 Å². The molecule has 0 saturated carbocycles. The first kappa shape index (κ1) is 14.4. The number of rotatable bonds is 5. The number of hydrogen-bond donors (Lipinski definition) is 2. The third kappa shape index (κ3) is 3.28. The molecule has 0 aromatic heterocycles. The van der Waals surface area contributed by atoms with E-state index in [4.69, 9.17) is 11.6 Å². The Kier molecular flexibility index (Phi) is 4.48. The molecule has 104 valence electrons. The summed E-state index contributed by atoms with van der Waals surface area (Å²) in [5, 5.41) is 6.88. The van der Waals surface area contributed by atoms with E-state index in [9.17, 15) is 4.79 Å². The average Bonchev–Trinajstić information content (AvgIpc) is 2.68. The van der Waals surface area contributed by atoms with Crippen LogP contribution < -0.4 is 10.6 Å². The summed E-state index contributed by atoms with van der Waals surface area (Å²) >= 11 is 6.35. The van der Waals surface area contributed by atoms with Gasteiger partial charge in [-0.15, -0.1) is 0 Å². The maximum atomic E-state index is 11.4. The van der Waals surface area contributed by atoms with Crippen molar-refractivity contribution in [2.75, 3.05) is 12.4 Å². The molecule has 1 aromatic carbocycles. The molecule has 0 aliphatic carbocycles. The summed E-state index contributed by atoms with van der Waals surface area (Å²) in [4.78, 5) is 11.4. The van der Waals surface area contributed by atoms with Crippen molar-refractivity contribution < 1.29 is 4.79 Å². The van der Waals surface area contributed by atoms with Gasteiger partial charge in [-0.2, -0.15) is 0 Å². The van der Waals surface area contributed by atoms with E-state index in [1.54, 1.807) is 0 Å². The minimum atomic E-state index is 0.0476. The standard InChI is InChI=1S/C15H21ClN2O/c1-9(2)4-5-13(17-3)11-6-10-7-15(19)18-14(10)8-12(11)16/h6,8-9,13,17H,4-5,7H2,1-3H3,(H,18,19). The Hall–Kier alpha value is -1.06. The van der Waals surface area contributed by atoms with Gasteiger partial charge in [-0.05, 0) is 43.0 Å². The largest absolute Gasteiger partial charge is 0.325 e. The molecule has 0 saturated heterocycles. The number of benzene rings is 1. The number of anilines is 1. The number of fused-ring (bicyclic) bond motifs is 1. The average molecular weight is 281 g/mol. The van der Waals surface area contributed by atoms with Gasteiger partial charge in [0.1, 0.15) is 0 Å². The van der Waals surface area contributed by atoms with E-state index in [2.05, 4.69) is 30.5 Å². The molecule has 1 aliphatic rings. The molecule has 2 N–H and O–H groups in total. The summed E-state index contributed by atoms with van der Waals surface area (Å²) in [6.07, 6.45) is 2.66. The maximum absolute atomic E-state index is 11.4. The zero-order chi connectivity index (χ0) is 14.0. The third-order valence-electron chi connectivity index (χ3n) is 3.60. The monoisotopic (exact) mass is 280 g/mol. The van der Waals surface area contributed by atoms with Crippen LogP contribution in [0.25, 0.3) is 0 Å². The van der Waals surface area contributed by atoms with Gasteiger partial charge in [-0.1, -0.05) is 31.5 Å². The van der Waals surface area contributed by atoms with E-state index in [0.29, 0.717) is 12.3 Å². The lowest BCUT2D eigenvalue weighted by molar-refractivity contribution is -0.115. The van der Waals surface area contributed by atoms with Gasteiger partial charge in [0.25, 0.3) is 0 Å². The lowest BCUT2D eigenvalue weighted by Gasteiger charge is -2.20. The highest BCUT2D eigenvalue weighted by Crippen LogP contribution is 2.34. The fraction of sp³-hybridized carbons (Fsp3) is 0.533. The van der Waals surface area contributed by atoms with Crippen LogP contribution in [0.1, 0.15) is 43.9 Å². The Balaban J connectivity index is 2.23. The van der Waals surface area contributed by atoms with Crippen LogP contribution in [0, 0.1) is 5.92 Å². The Morgan fingerprint density at radius 2 is 2.11 bits per heavy atom. The molecule has 1 unspecified atom stereocenters. The zero-order valence-corrected chi connectivity index (χ0v) is 12.5. The lowest BCUT2D eigenvalue weighted by atomic mass is 9.96. The fourth-order valence-corrected chi connectivity index (χ4v) is 2.78. The molecule has 1 amide bonds. The molecule has 0 fully saturated rings. The van der Waals surface area contributed by atoms with Gasteiger partial charge in [0, 0.05) is 16.8 Å². The molecule has 3 nitrogen and oxygen atoms in total. The van der Waals surface area contributed by atoms with E-state index in [1.807, 2.05) is 13.1 Å². The minimum Gasteiger partial charge on any atom is -0.325 e. The molecule has 1 aromatic rings. The predicted octanol–water partition coefficient (Wildman–Crippen LogP) is 3.53. The normalized spacial score (nSPS) is 15.5. The molecular formula is C15H21ClN2O. The van der Waals surface area contributed by atoms with Crippen LogP contribution in [0.5, 0.6) is 0 Å². The van der Waals surface area contributed by atoms with Gasteiger partial charge >= 0.3 is 0 Å². The van der Waals surface area contributed by atoms with Crippen LogP contribution in [-0.4, -0.2) is 13.0 Å². The van der Waals surface area contributed by atoms with Crippen LogP contribution >= 0.6 is 11.6 Å². The molecule has 1 aliphatic heterocycles. The number of amides is 1. The molecule has 1 heterocycles. The minimum absolute atomic E-state index is 0.0476. The van der Waals surface area contributed by atoms with Crippen LogP contribution in [0.15, 0.2) is 12.1 Å². The second-order valence-corrected chi connectivity index (χ2v) is 5.98. The summed E-state index contributed by atoms with van der Waals surface area (Å²) in [6, 6.07) is 4.18. The van der Waals surface area contributed by atoms with Crippen LogP contribution in [-0.2, 0) is 11.2 Å². The molecule has 0 radical (unpaired) electrons. The number of nitrogens with one attached hydrogen (secondary N) is 2. The topological polar surface area (TPSA) is 41.1 Å². The molecule has 0 spiro atoms. The summed E-state index contributed by atoms with van der Waals surface area (Å²) in [7, 11) is 1.96. The van der Waals surface area contributed by atoms with Crippen molar-refractivity contribution in [1.29, 1.82) is 0 Å². The first-order chi connectivity index (χ1) is 9.01. The summed E-state index contributed by atoms with van der Waals surface area (Å²) < 4.78 is 0. The molecule has 1 atom stereocenters. The van der Waals surface area contributed by atoms with Gasteiger partial charge in [0.15, 0.2) is 0 Å². The van der Waals surface area contributed by atoms with Crippen molar-refractivity contribution in [3.8, 4) is 0 Å². The number of carbonyl (C=O) groups is 1. The highest BCUT2D eigenvalue weighted by atomic mass is 35.5. The van der Waals surface area contributed by atoms with E-state index < -0.39 is 0 Å². The Morgan fingerprint density at radius 1 is 1.37 bits per heavy atom. The van der Waals surface area contributed by atoms with Gasteiger partial charge in [0.05, 0.1) is 6.42 Å². The van der Waals surface area contributed by atoms with Gasteiger partial charge < -0.3 is 10.6 Å². The maximum Gasteiger partial charge on any atom is 0.228 e. The first-order valence-corrected chi connectivity index (χ1v) is 7.18. The number of halogens is 1. The van der Waals surface area contributed by atoms with Crippen molar-refractivity contribution >= 4 is 23.2 Å². The Labute approximate surface area is 119 Å². The van der Waals surface area contributed by atoms with Crippen LogP contribution in [0.2, 0.25) is 5.02 Å². The molecule has 2 rings (SSSR count). The second kappa shape index (κ2) is 5.93. The van der Waals surface area contributed by atoms with E-state index in [0.717, 1.165) is 34.7 Å². The van der Waals surface area contributed by atoms with Gasteiger partial charge in [-0.25, -0.2) is 0 Å². The lowest BCUT2D eigenvalue weighted by Crippen LogP contribution is -2.17. The molecular weight excluding hydrogens is 260 g/mol. The summed E-state index contributed by atoms with van der Waals surface area (Å²) in [6.45, 7) is 4.44. The van der Waals surface area contributed by atoms with Gasteiger partial charge in [-0.3, -0.25) is 4.79 Å². The van der Waals surface area contributed by atoms with Crippen LogP contribution in [0.4, 0.5) is 5.69 Å². The highest BCUT2D eigenvalue weighted by Gasteiger charge is 2.22. The SMILES string of the molecule is CNC(CCC(C)C)c1cc2c(cc1Cl)NC(=O)C2. The second-order valence-electron chi connectivity index (χ2n) is 5.57. The van der Waals surface area contributed by atoms with E-state index in [-0.39, 0.29) is 11.9 Å². The van der Waals surface area contributed by atoms with Gasteiger partial charge in [0.2, 0.25) is 5.91 Å². The van der Waals surface area contributed by atoms with Crippen molar-refractivity contribution in [1.82, 2.24) is 5.32 Å². The van der Waals surface area contributed by atoms with Crippen molar-refractivity contribution in [3.63, 3.8) is 0 Å². The van der Waals surface area contributed by atoms with E-state index in [1.165, 1.54) is 0 Å². The quantitative estimate of drug-likeness (QED) is 0.866. The summed E-state index contributed by atoms with van der Waals surface area (Å²) in [5.41, 5.74) is 3.01.